The molecule has 17 heavy (non-hydrogen) atoms. The molecule has 1 aliphatic rings. The number of alkyl halides is 1. The minimum atomic E-state index is 0.375. The van der Waals surface area contributed by atoms with E-state index in [-0.39, 0.29) is 0 Å². The van der Waals surface area contributed by atoms with Crippen molar-refractivity contribution in [2.45, 2.75) is 30.7 Å². The Morgan fingerprint density at radius 3 is 3.06 bits per heavy atom. The Labute approximate surface area is 110 Å². The summed E-state index contributed by atoms with van der Waals surface area (Å²) in [5.41, 5.74) is 0.998. The first-order valence-corrected chi connectivity index (χ1v) is 6.71. The van der Waals surface area contributed by atoms with Gasteiger partial charge < -0.3 is 9.47 Å². The molecule has 0 aliphatic carbocycles. The number of rotatable bonds is 4. The van der Waals surface area contributed by atoms with E-state index in [4.69, 9.17) is 9.47 Å². The number of methoxy groups -OCH3 is 1. The SMILES string of the molecule is COc1cc(CC(Br)C2COC(C)C2)ncn1. The fourth-order valence-corrected chi connectivity index (χ4v) is 2.77. The van der Waals surface area contributed by atoms with E-state index in [1.54, 1.807) is 13.4 Å². The fraction of sp³-hybridized carbons (Fsp3) is 0.667. The first-order chi connectivity index (χ1) is 8.19. The number of halogens is 1. The van der Waals surface area contributed by atoms with Gasteiger partial charge in [0.1, 0.15) is 6.33 Å². The van der Waals surface area contributed by atoms with Gasteiger partial charge in [0, 0.05) is 23.0 Å². The molecule has 0 aromatic carbocycles. The molecule has 2 heterocycles. The Morgan fingerprint density at radius 2 is 2.41 bits per heavy atom. The molecule has 0 radical (unpaired) electrons. The van der Waals surface area contributed by atoms with Gasteiger partial charge in [-0.15, -0.1) is 0 Å². The molecule has 0 saturated carbocycles. The van der Waals surface area contributed by atoms with Crippen LogP contribution in [0, 0.1) is 5.92 Å². The van der Waals surface area contributed by atoms with Crippen molar-refractivity contribution < 1.29 is 9.47 Å². The topological polar surface area (TPSA) is 44.2 Å². The van der Waals surface area contributed by atoms with Crippen LogP contribution in [0.15, 0.2) is 12.4 Å². The zero-order valence-electron chi connectivity index (χ0n) is 10.1. The zero-order valence-corrected chi connectivity index (χ0v) is 11.7. The molecule has 0 spiro atoms. The van der Waals surface area contributed by atoms with E-state index in [1.807, 2.05) is 6.07 Å². The Morgan fingerprint density at radius 1 is 1.59 bits per heavy atom. The zero-order chi connectivity index (χ0) is 12.3. The molecular weight excluding hydrogens is 284 g/mol. The monoisotopic (exact) mass is 300 g/mol. The molecule has 3 unspecified atom stereocenters. The summed E-state index contributed by atoms with van der Waals surface area (Å²) in [6.45, 7) is 2.95. The van der Waals surface area contributed by atoms with Crippen molar-refractivity contribution in [2.24, 2.45) is 5.92 Å². The van der Waals surface area contributed by atoms with Crippen molar-refractivity contribution in [1.29, 1.82) is 0 Å². The van der Waals surface area contributed by atoms with Gasteiger partial charge in [-0.3, -0.25) is 0 Å². The Hall–Kier alpha value is -0.680. The van der Waals surface area contributed by atoms with Crippen molar-refractivity contribution >= 4 is 15.9 Å². The van der Waals surface area contributed by atoms with E-state index in [1.165, 1.54) is 0 Å². The van der Waals surface area contributed by atoms with Crippen LogP contribution in [0.25, 0.3) is 0 Å². The average molecular weight is 301 g/mol. The lowest BCUT2D eigenvalue weighted by Crippen LogP contribution is -2.18. The predicted molar refractivity (Wildman–Crippen MR) is 68.5 cm³/mol. The molecule has 4 nitrogen and oxygen atoms in total. The van der Waals surface area contributed by atoms with E-state index in [0.717, 1.165) is 25.1 Å². The normalized spacial score (nSPS) is 25.8. The molecule has 2 rings (SSSR count). The van der Waals surface area contributed by atoms with Crippen LogP contribution in [-0.2, 0) is 11.2 Å². The van der Waals surface area contributed by atoms with Gasteiger partial charge in [-0.2, -0.15) is 0 Å². The number of ether oxygens (including phenoxy) is 2. The highest BCUT2D eigenvalue weighted by Gasteiger charge is 2.28. The van der Waals surface area contributed by atoms with E-state index >= 15 is 0 Å². The van der Waals surface area contributed by atoms with Crippen LogP contribution < -0.4 is 4.74 Å². The fourth-order valence-electron chi connectivity index (χ4n) is 2.07. The van der Waals surface area contributed by atoms with E-state index in [2.05, 4.69) is 32.8 Å². The molecule has 5 heteroatoms. The summed E-state index contributed by atoms with van der Waals surface area (Å²) in [4.78, 5) is 8.65. The summed E-state index contributed by atoms with van der Waals surface area (Å²) in [5, 5.41) is 0. The van der Waals surface area contributed by atoms with Crippen molar-refractivity contribution in [2.75, 3.05) is 13.7 Å². The highest BCUT2D eigenvalue weighted by atomic mass is 79.9. The van der Waals surface area contributed by atoms with E-state index < -0.39 is 0 Å². The average Bonchev–Trinajstić information content (AvgIpc) is 2.76. The van der Waals surface area contributed by atoms with E-state index in [0.29, 0.717) is 22.7 Å². The highest BCUT2D eigenvalue weighted by molar-refractivity contribution is 9.09. The molecule has 94 valence electrons. The lowest BCUT2D eigenvalue weighted by Gasteiger charge is -2.15. The number of aromatic nitrogens is 2. The Balaban J connectivity index is 1.95. The van der Waals surface area contributed by atoms with Gasteiger partial charge >= 0.3 is 0 Å². The number of hydrogen-bond donors (Lipinski definition) is 0. The van der Waals surface area contributed by atoms with Crippen molar-refractivity contribution in [3.8, 4) is 5.88 Å². The van der Waals surface area contributed by atoms with Crippen LogP contribution >= 0.6 is 15.9 Å². The number of nitrogens with zero attached hydrogens (tertiary/aromatic N) is 2. The van der Waals surface area contributed by atoms with Crippen molar-refractivity contribution in [1.82, 2.24) is 9.97 Å². The summed E-state index contributed by atoms with van der Waals surface area (Å²) < 4.78 is 10.7. The van der Waals surface area contributed by atoms with Gasteiger partial charge in [0.15, 0.2) is 0 Å². The summed E-state index contributed by atoms with van der Waals surface area (Å²) in [5.74, 6) is 1.18. The second-order valence-corrected chi connectivity index (χ2v) is 5.59. The van der Waals surface area contributed by atoms with Gasteiger partial charge in [-0.25, -0.2) is 9.97 Å². The van der Waals surface area contributed by atoms with Crippen LogP contribution in [0.5, 0.6) is 5.88 Å². The third-order valence-electron chi connectivity index (χ3n) is 3.05. The maximum atomic E-state index is 5.58. The van der Waals surface area contributed by atoms with Gasteiger partial charge in [0.2, 0.25) is 5.88 Å². The minimum absolute atomic E-state index is 0.375. The van der Waals surface area contributed by atoms with Crippen molar-refractivity contribution in [3.05, 3.63) is 18.1 Å². The molecule has 1 aliphatic heterocycles. The smallest absolute Gasteiger partial charge is 0.216 e. The van der Waals surface area contributed by atoms with Crippen LogP contribution in [-0.4, -0.2) is 34.6 Å². The first-order valence-electron chi connectivity index (χ1n) is 5.79. The molecule has 1 saturated heterocycles. The van der Waals surface area contributed by atoms with Gasteiger partial charge in [0.05, 0.1) is 19.8 Å². The van der Waals surface area contributed by atoms with Crippen LogP contribution in [0.4, 0.5) is 0 Å². The second-order valence-electron chi connectivity index (χ2n) is 4.41. The summed E-state index contributed by atoms with van der Waals surface area (Å²) in [7, 11) is 1.62. The largest absolute Gasteiger partial charge is 0.481 e. The molecule has 3 atom stereocenters. The summed E-state index contributed by atoms with van der Waals surface area (Å²) >= 11 is 3.73. The lowest BCUT2D eigenvalue weighted by atomic mass is 9.99. The molecule has 0 bridgehead atoms. The molecule has 0 N–H and O–H groups in total. The predicted octanol–water partition coefficient (Wildman–Crippen LogP) is 2.22. The second kappa shape index (κ2) is 5.78. The van der Waals surface area contributed by atoms with Gasteiger partial charge in [-0.1, -0.05) is 15.9 Å². The standard InChI is InChI=1S/C12H17BrN2O2/c1-8-3-9(6-17-8)11(13)4-10-5-12(16-2)15-7-14-10/h5,7-9,11H,3-4,6H2,1-2H3. The quantitative estimate of drug-likeness (QED) is 0.800. The molecule has 1 aromatic heterocycles. The van der Waals surface area contributed by atoms with Crippen molar-refractivity contribution in [3.63, 3.8) is 0 Å². The van der Waals surface area contributed by atoms with Gasteiger partial charge in [-0.05, 0) is 19.3 Å². The molecule has 1 fully saturated rings. The first kappa shape index (κ1) is 12.8. The van der Waals surface area contributed by atoms with Gasteiger partial charge in [0.25, 0.3) is 0 Å². The Bertz CT molecular complexity index is 375. The number of hydrogen-bond acceptors (Lipinski definition) is 4. The third kappa shape index (κ3) is 3.39. The maximum absolute atomic E-state index is 5.58. The summed E-state index contributed by atoms with van der Waals surface area (Å²) in [6, 6.07) is 1.88. The molecule has 1 aromatic rings. The third-order valence-corrected chi connectivity index (χ3v) is 4.12. The lowest BCUT2D eigenvalue weighted by molar-refractivity contribution is 0.120. The van der Waals surface area contributed by atoms with Crippen LogP contribution in [0.3, 0.4) is 0 Å². The maximum Gasteiger partial charge on any atom is 0.216 e. The molecular formula is C12H17BrN2O2. The minimum Gasteiger partial charge on any atom is -0.481 e. The highest BCUT2D eigenvalue weighted by Crippen LogP contribution is 2.28. The van der Waals surface area contributed by atoms with Crippen LogP contribution in [0.1, 0.15) is 19.0 Å². The van der Waals surface area contributed by atoms with E-state index in [9.17, 15) is 0 Å². The van der Waals surface area contributed by atoms with Crippen LogP contribution in [0.2, 0.25) is 0 Å². The summed E-state index contributed by atoms with van der Waals surface area (Å²) in [6.07, 6.45) is 3.90. The molecule has 0 amide bonds. The Kier molecular flexibility index (Phi) is 4.34.